The lowest BCUT2D eigenvalue weighted by molar-refractivity contribution is -0.141. The first kappa shape index (κ1) is 16.7. The van der Waals surface area contributed by atoms with Gasteiger partial charge in [-0.3, -0.25) is 9.59 Å². The molecule has 1 amide bonds. The molecule has 4 heteroatoms. The van der Waals surface area contributed by atoms with Gasteiger partial charge in [-0.2, -0.15) is 0 Å². The summed E-state index contributed by atoms with van der Waals surface area (Å²) in [7, 11) is 0. The number of aliphatic carboxylic acids is 1. The highest BCUT2D eigenvalue weighted by molar-refractivity contribution is 5.69. The van der Waals surface area contributed by atoms with E-state index >= 15 is 0 Å². The molecule has 2 aromatic carbocycles. The van der Waals surface area contributed by atoms with Gasteiger partial charge in [-0.15, -0.1) is 0 Å². The third kappa shape index (κ3) is 4.95. The monoisotopic (exact) mass is 311 g/mol. The van der Waals surface area contributed by atoms with Crippen LogP contribution in [0.15, 0.2) is 54.6 Å². The maximum absolute atomic E-state index is 11.0. The molecule has 0 radical (unpaired) electrons. The minimum Gasteiger partial charge on any atom is -0.481 e. The maximum atomic E-state index is 11.0. The molecule has 2 atom stereocenters. The van der Waals surface area contributed by atoms with Gasteiger partial charge in [0.1, 0.15) is 0 Å². The average molecular weight is 311 g/mol. The van der Waals surface area contributed by atoms with Crippen LogP contribution in [-0.4, -0.2) is 23.5 Å². The standard InChI is InChI=1S/C19H21NO3/c1-14(19(22)23)11-18(20-13-21)12-15-7-9-17(10-8-15)16-5-3-2-4-6-16/h2-10,13-14,18H,11-12H2,1H3,(H,20,21)(H,22,23). The molecular formula is C19H21NO3. The predicted molar refractivity (Wildman–Crippen MR) is 90.0 cm³/mol. The highest BCUT2D eigenvalue weighted by Crippen LogP contribution is 2.20. The summed E-state index contributed by atoms with van der Waals surface area (Å²) in [5.41, 5.74) is 3.36. The first-order valence-corrected chi connectivity index (χ1v) is 7.67. The Morgan fingerprint density at radius 2 is 1.70 bits per heavy atom. The van der Waals surface area contributed by atoms with Crippen LogP contribution < -0.4 is 5.32 Å². The highest BCUT2D eigenvalue weighted by atomic mass is 16.4. The van der Waals surface area contributed by atoms with Crippen LogP contribution in [0.5, 0.6) is 0 Å². The van der Waals surface area contributed by atoms with E-state index in [0.29, 0.717) is 19.3 Å². The fraction of sp³-hybridized carbons (Fsp3) is 0.263. The van der Waals surface area contributed by atoms with E-state index in [-0.39, 0.29) is 6.04 Å². The lowest BCUT2D eigenvalue weighted by Gasteiger charge is -2.18. The molecule has 0 aliphatic carbocycles. The van der Waals surface area contributed by atoms with Gasteiger partial charge in [0.05, 0.1) is 5.92 Å². The van der Waals surface area contributed by atoms with Crippen molar-refractivity contribution < 1.29 is 14.7 Å². The zero-order valence-corrected chi connectivity index (χ0v) is 13.1. The molecule has 2 unspecified atom stereocenters. The summed E-state index contributed by atoms with van der Waals surface area (Å²) in [6.45, 7) is 1.65. The molecule has 0 saturated heterocycles. The Morgan fingerprint density at radius 1 is 1.09 bits per heavy atom. The molecular weight excluding hydrogens is 290 g/mol. The van der Waals surface area contributed by atoms with Crippen LogP contribution in [0.1, 0.15) is 18.9 Å². The van der Waals surface area contributed by atoms with E-state index in [0.717, 1.165) is 16.7 Å². The van der Waals surface area contributed by atoms with Crippen LogP contribution in [0.25, 0.3) is 11.1 Å². The van der Waals surface area contributed by atoms with Gasteiger partial charge in [-0.05, 0) is 29.5 Å². The molecule has 0 spiro atoms. The first-order chi connectivity index (χ1) is 11.1. The topological polar surface area (TPSA) is 66.4 Å². The zero-order chi connectivity index (χ0) is 16.7. The van der Waals surface area contributed by atoms with E-state index in [9.17, 15) is 9.59 Å². The molecule has 0 fully saturated rings. The molecule has 2 rings (SSSR count). The summed E-state index contributed by atoms with van der Waals surface area (Å²) in [4.78, 5) is 21.7. The van der Waals surface area contributed by atoms with Crippen molar-refractivity contribution in [3.8, 4) is 11.1 Å². The lowest BCUT2D eigenvalue weighted by atomic mass is 9.95. The average Bonchev–Trinajstić information content (AvgIpc) is 2.56. The molecule has 2 N–H and O–H groups in total. The molecule has 0 aromatic heterocycles. The third-order valence-electron chi connectivity index (χ3n) is 3.91. The summed E-state index contributed by atoms with van der Waals surface area (Å²) >= 11 is 0. The van der Waals surface area contributed by atoms with Crippen LogP contribution in [0.2, 0.25) is 0 Å². The summed E-state index contributed by atoms with van der Waals surface area (Å²) in [6, 6.07) is 18.0. The quantitative estimate of drug-likeness (QED) is 0.736. The molecule has 0 heterocycles. The number of amides is 1. The minimum atomic E-state index is -0.845. The van der Waals surface area contributed by atoms with Crippen LogP contribution in [-0.2, 0) is 16.0 Å². The van der Waals surface area contributed by atoms with E-state index in [1.807, 2.05) is 42.5 Å². The number of nitrogens with one attached hydrogen (secondary N) is 1. The Morgan fingerprint density at radius 3 is 2.26 bits per heavy atom. The number of carboxylic acid groups (broad SMARTS) is 1. The van der Waals surface area contributed by atoms with Crippen LogP contribution in [0.4, 0.5) is 0 Å². The minimum absolute atomic E-state index is 0.179. The van der Waals surface area contributed by atoms with E-state index in [4.69, 9.17) is 5.11 Å². The van der Waals surface area contributed by atoms with Gasteiger partial charge < -0.3 is 10.4 Å². The molecule has 0 saturated carbocycles. The summed E-state index contributed by atoms with van der Waals surface area (Å²) < 4.78 is 0. The molecule has 0 bridgehead atoms. The Kier molecular flexibility index (Phi) is 5.92. The van der Waals surface area contributed by atoms with Gasteiger partial charge in [0.25, 0.3) is 0 Å². The maximum Gasteiger partial charge on any atom is 0.306 e. The smallest absolute Gasteiger partial charge is 0.306 e. The van der Waals surface area contributed by atoms with Gasteiger partial charge in [-0.25, -0.2) is 0 Å². The van der Waals surface area contributed by atoms with E-state index < -0.39 is 11.9 Å². The highest BCUT2D eigenvalue weighted by Gasteiger charge is 2.18. The van der Waals surface area contributed by atoms with E-state index in [1.54, 1.807) is 6.92 Å². The van der Waals surface area contributed by atoms with Crippen LogP contribution >= 0.6 is 0 Å². The third-order valence-corrected chi connectivity index (χ3v) is 3.91. The van der Waals surface area contributed by atoms with Crippen molar-refractivity contribution in [1.29, 1.82) is 0 Å². The van der Waals surface area contributed by atoms with Crippen molar-refractivity contribution in [2.45, 2.75) is 25.8 Å². The van der Waals surface area contributed by atoms with Crippen molar-refractivity contribution in [1.82, 2.24) is 5.32 Å². The van der Waals surface area contributed by atoms with Gasteiger partial charge in [0.15, 0.2) is 0 Å². The van der Waals surface area contributed by atoms with Crippen molar-refractivity contribution >= 4 is 12.4 Å². The fourth-order valence-corrected chi connectivity index (χ4v) is 2.58. The van der Waals surface area contributed by atoms with E-state index in [1.165, 1.54) is 0 Å². The van der Waals surface area contributed by atoms with Gasteiger partial charge in [-0.1, -0.05) is 61.5 Å². The fourth-order valence-electron chi connectivity index (χ4n) is 2.58. The number of benzene rings is 2. The summed E-state index contributed by atoms with van der Waals surface area (Å²) in [6.07, 6.45) is 1.66. The van der Waals surface area contributed by atoms with Crippen molar-refractivity contribution in [2.75, 3.05) is 0 Å². The second-order valence-electron chi connectivity index (χ2n) is 5.72. The lowest BCUT2D eigenvalue weighted by Crippen LogP contribution is -2.33. The number of carbonyl (C=O) groups is 2. The largest absolute Gasteiger partial charge is 0.481 e. The second-order valence-corrected chi connectivity index (χ2v) is 5.72. The Balaban J connectivity index is 2.05. The molecule has 4 nitrogen and oxygen atoms in total. The van der Waals surface area contributed by atoms with Gasteiger partial charge in [0.2, 0.25) is 6.41 Å². The predicted octanol–water partition coefficient (Wildman–Crippen LogP) is 3.12. The van der Waals surface area contributed by atoms with E-state index in [2.05, 4.69) is 17.4 Å². The number of carboxylic acids is 1. The molecule has 23 heavy (non-hydrogen) atoms. The Labute approximate surface area is 136 Å². The second kappa shape index (κ2) is 8.13. The molecule has 2 aromatic rings. The molecule has 120 valence electrons. The van der Waals surface area contributed by atoms with Gasteiger partial charge >= 0.3 is 5.97 Å². The SMILES string of the molecule is CC(CC(Cc1ccc(-c2ccccc2)cc1)NC=O)C(=O)O. The molecule has 0 aliphatic heterocycles. The molecule has 0 aliphatic rings. The Hall–Kier alpha value is -2.62. The van der Waals surface area contributed by atoms with Crippen LogP contribution in [0, 0.1) is 5.92 Å². The summed E-state index contributed by atoms with van der Waals surface area (Å²) in [5.74, 6) is -1.34. The van der Waals surface area contributed by atoms with Crippen molar-refractivity contribution in [2.24, 2.45) is 5.92 Å². The van der Waals surface area contributed by atoms with Crippen molar-refractivity contribution in [3.63, 3.8) is 0 Å². The number of rotatable bonds is 8. The number of hydrogen-bond donors (Lipinski definition) is 2. The number of carbonyl (C=O) groups excluding carboxylic acids is 1. The van der Waals surface area contributed by atoms with Gasteiger partial charge in [0, 0.05) is 6.04 Å². The normalized spacial score (nSPS) is 13.1. The first-order valence-electron chi connectivity index (χ1n) is 7.67. The zero-order valence-electron chi connectivity index (χ0n) is 13.1. The van der Waals surface area contributed by atoms with Crippen LogP contribution in [0.3, 0.4) is 0 Å². The summed E-state index contributed by atoms with van der Waals surface area (Å²) in [5, 5.41) is 11.7. The number of hydrogen-bond acceptors (Lipinski definition) is 2. The Bertz CT molecular complexity index is 637. The van der Waals surface area contributed by atoms with Crippen molar-refractivity contribution in [3.05, 3.63) is 60.2 Å².